The average molecular weight is 306 g/mol. The number of aryl methyl sites for hydroxylation is 1. The molecule has 0 saturated heterocycles. The van der Waals surface area contributed by atoms with Crippen molar-refractivity contribution in [1.82, 2.24) is 0 Å². The van der Waals surface area contributed by atoms with Crippen molar-refractivity contribution in [3.63, 3.8) is 0 Å². The minimum Gasteiger partial charge on any atom is -0.491 e. The molecule has 1 aromatic heterocycles. The third-order valence-corrected chi connectivity index (χ3v) is 3.62. The summed E-state index contributed by atoms with van der Waals surface area (Å²) in [5.74, 6) is 0.102. The molecule has 0 spiro atoms. The normalized spacial score (nSPS) is 11.0. The monoisotopic (exact) mass is 306 g/mol. The highest BCUT2D eigenvalue weighted by Crippen LogP contribution is 2.25. The van der Waals surface area contributed by atoms with Crippen molar-refractivity contribution in [3.05, 3.63) is 40.2 Å². The third kappa shape index (κ3) is 3.87. The van der Waals surface area contributed by atoms with Crippen LogP contribution in [0.15, 0.2) is 27.4 Å². The maximum absolute atomic E-state index is 14.4. The Labute approximate surface area is 130 Å². The Kier molecular flexibility index (Phi) is 5.99. The van der Waals surface area contributed by atoms with Crippen molar-refractivity contribution >= 4 is 10.8 Å². The van der Waals surface area contributed by atoms with Crippen LogP contribution in [0.1, 0.15) is 51.7 Å². The lowest BCUT2D eigenvalue weighted by molar-refractivity contribution is 0.302. The molecule has 0 saturated carbocycles. The van der Waals surface area contributed by atoms with E-state index < -0.39 is 11.4 Å². The molecule has 1 heterocycles. The Morgan fingerprint density at radius 1 is 1.14 bits per heavy atom. The molecule has 4 heteroatoms. The van der Waals surface area contributed by atoms with E-state index in [1.54, 1.807) is 18.2 Å². The Hall–Kier alpha value is -1.84. The topological polar surface area (TPSA) is 39.4 Å². The molecular weight excluding hydrogens is 283 g/mol. The molecule has 0 unspecified atom stereocenters. The Bertz CT molecular complexity index is 676. The first-order valence-corrected chi connectivity index (χ1v) is 8.05. The van der Waals surface area contributed by atoms with Gasteiger partial charge in [-0.3, -0.25) is 0 Å². The molecule has 0 aliphatic carbocycles. The molecule has 2 rings (SSSR count). The van der Waals surface area contributed by atoms with Crippen LogP contribution in [0.5, 0.6) is 5.75 Å². The van der Waals surface area contributed by atoms with Crippen LogP contribution >= 0.6 is 0 Å². The van der Waals surface area contributed by atoms with E-state index in [2.05, 4.69) is 6.92 Å². The highest BCUT2D eigenvalue weighted by atomic mass is 19.1. The van der Waals surface area contributed by atoms with Crippen molar-refractivity contribution < 1.29 is 13.5 Å². The maximum atomic E-state index is 14.4. The molecule has 0 fully saturated rings. The Morgan fingerprint density at radius 3 is 2.68 bits per heavy atom. The largest absolute Gasteiger partial charge is 0.491 e. The SMILES string of the molecule is CCCCCCc1cc2ccc(OCCC)c(F)c2c(=O)o1. The smallest absolute Gasteiger partial charge is 0.346 e. The number of unbranched alkanes of at least 4 members (excludes halogenated alkanes) is 3. The van der Waals surface area contributed by atoms with Gasteiger partial charge in [0.15, 0.2) is 11.6 Å². The molecule has 120 valence electrons. The van der Waals surface area contributed by atoms with Crippen LogP contribution in [0.3, 0.4) is 0 Å². The molecule has 0 N–H and O–H groups in total. The van der Waals surface area contributed by atoms with Crippen molar-refractivity contribution in [2.24, 2.45) is 0 Å². The molecule has 0 amide bonds. The summed E-state index contributed by atoms with van der Waals surface area (Å²) in [4.78, 5) is 12.1. The van der Waals surface area contributed by atoms with Gasteiger partial charge in [0.25, 0.3) is 0 Å². The van der Waals surface area contributed by atoms with E-state index >= 15 is 0 Å². The predicted octanol–water partition coefficient (Wildman–Crippen LogP) is 4.84. The van der Waals surface area contributed by atoms with Gasteiger partial charge < -0.3 is 9.15 Å². The van der Waals surface area contributed by atoms with Gasteiger partial charge in [-0.05, 0) is 30.4 Å². The fraction of sp³-hybridized carbons (Fsp3) is 0.500. The molecule has 3 nitrogen and oxygen atoms in total. The first-order valence-electron chi connectivity index (χ1n) is 8.05. The second kappa shape index (κ2) is 7.97. The van der Waals surface area contributed by atoms with Crippen LogP contribution in [-0.4, -0.2) is 6.61 Å². The molecule has 22 heavy (non-hydrogen) atoms. The molecule has 0 aliphatic heterocycles. The minimum absolute atomic E-state index is 0.0223. The summed E-state index contributed by atoms with van der Waals surface area (Å²) in [6, 6.07) is 5.05. The number of hydrogen-bond donors (Lipinski definition) is 0. The van der Waals surface area contributed by atoms with E-state index in [-0.39, 0.29) is 11.1 Å². The van der Waals surface area contributed by atoms with Crippen LogP contribution in [0.25, 0.3) is 10.8 Å². The molecule has 2 aromatic rings. The number of hydrogen-bond acceptors (Lipinski definition) is 3. The van der Waals surface area contributed by atoms with E-state index in [0.717, 1.165) is 25.7 Å². The molecule has 0 radical (unpaired) electrons. The lowest BCUT2D eigenvalue weighted by Crippen LogP contribution is -2.06. The molecule has 1 aromatic carbocycles. The lowest BCUT2D eigenvalue weighted by Gasteiger charge is -2.08. The number of ether oxygens (including phenoxy) is 1. The lowest BCUT2D eigenvalue weighted by atomic mass is 10.1. The second-order valence-electron chi connectivity index (χ2n) is 5.50. The zero-order chi connectivity index (χ0) is 15.9. The fourth-order valence-corrected chi connectivity index (χ4v) is 2.45. The summed E-state index contributed by atoms with van der Waals surface area (Å²) in [7, 11) is 0. The van der Waals surface area contributed by atoms with Crippen molar-refractivity contribution in [3.8, 4) is 5.75 Å². The number of halogens is 1. The average Bonchev–Trinajstić information content (AvgIpc) is 2.50. The van der Waals surface area contributed by atoms with Gasteiger partial charge >= 0.3 is 5.63 Å². The van der Waals surface area contributed by atoms with Gasteiger partial charge in [-0.25, -0.2) is 9.18 Å². The molecule has 0 aliphatic rings. The Morgan fingerprint density at radius 2 is 1.95 bits per heavy atom. The first kappa shape index (κ1) is 16.5. The van der Waals surface area contributed by atoms with Crippen LogP contribution in [-0.2, 0) is 6.42 Å². The summed E-state index contributed by atoms with van der Waals surface area (Å²) in [6.45, 7) is 4.51. The molecule has 0 atom stereocenters. The van der Waals surface area contributed by atoms with E-state index in [0.29, 0.717) is 24.2 Å². The highest BCUT2D eigenvalue weighted by Gasteiger charge is 2.14. The third-order valence-electron chi connectivity index (χ3n) is 3.62. The minimum atomic E-state index is -0.628. The van der Waals surface area contributed by atoms with Gasteiger partial charge in [0, 0.05) is 6.42 Å². The Balaban J connectivity index is 2.26. The van der Waals surface area contributed by atoms with Gasteiger partial charge in [-0.15, -0.1) is 0 Å². The quantitative estimate of drug-likeness (QED) is 0.655. The maximum Gasteiger partial charge on any atom is 0.346 e. The van der Waals surface area contributed by atoms with E-state index in [4.69, 9.17) is 9.15 Å². The van der Waals surface area contributed by atoms with Crippen LogP contribution in [0.2, 0.25) is 0 Å². The summed E-state index contributed by atoms with van der Waals surface area (Å²) >= 11 is 0. The van der Waals surface area contributed by atoms with Gasteiger partial charge in [-0.1, -0.05) is 39.2 Å². The number of rotatable bonds is 8. The van der Waals surface area contributed by atoms with Crippen molar-refractivity contribution in [1.29, 1.82) is 0 Å². The van der Waals surface area contributed by atoms with Gasteiger partial charge in [0.1, 0.15) is 11.1 Å². The highest BCUT2D eigenvalue weighted by molar-refractivity contribution is 5.83. The zero-order valence-corrected chi connectivity index (χ0v) is 13.3. The van der Waals surface area contributed by atoms with Crippen LogP contribution in [0, 0.1) is 5.82 Å². The van der Waals surface area contributed by atoms with E-state index in [9.17, 15) is 9.18 Å². The van der Waals surface area contributed by atoms with Gasteiger partial charge in [-0.2, -0.15) is 0 Å². The standard InChI is InChI=1S/C18H23FO3/c1-3-5-6-7-8-14-12-13-9-10-15(21-11-4-2)17(19)16(13)18(20)22-14/h9-10,12H,3-8,11H2,1-2H3. The molecule has 0 bridgehead atoms. The second-order valence-corrected chi connectivity index (χ2v) is 5.50. The molecular formula is C18H23FO3. The summed E-state index contributed by atoms with van der Waals surface area (Å²) in [5.41, 5.74) is -0.623. The van der Waals surface area contributed by atoms with Gasteiger partial charge in [0.05, 0.1) is 6.61 Å². The summed E-state index contributed by atoms with van der Waals surface area (Å²) < 4.78 is 24.9. The predicted molar refractivity (Wildman–Crippen MR) is 86.1 cm³/mol. The number of benzene rings is 1. The van der Waals surface area contributed by atoms with E-state index in [1.165, 1.54) is 6.42 Å². The van der Waals surface area contributed by atoms with E-state index in [1.807, 2.05) is 6.92 Å². The van der Waals surface area contributed by atoms with Crippen LogP contribution in [0.4, 0.5) is 4.39 Å². The summed E-state index contributed by atoms with van der Waals surface area (Å²) in [5, 5.41) is 0.550. The summed E-state index contributed by atoms with van der Waals surface area (Å²) in [6.07, 6.45) is 5.90. The van der Waals surface area contributed by atoms with Crippen molar-refractivity contribution in [2.45, 2.75) is 52.4 Å². The fourth-order valence-electron chi connectivity index (χ4n) is 2.45. The van der Waals surface area contributed by atoms with Crippen molar-refractivity contribution in [2.75, 3.05) is 6.61 Å². The van der Waals surface area contributed by atoms with Crippen LogP contribution < -0.4 is 10.4 Å². The first-order chi connectivity index (χ1) is 10.7. The zero-order valence-electron chi connectivity index (χ0n) is 13.3. The van der Waals surface area contributed by atoms with Gasteiger partial charge in [0.2, 0.25) is 0 Å². The number of fused-ring (bicyclic) bond motifs is 1.